The van der Waals surface area contributed by atoms with Crippen molar-refractivity contribution in [3.05, 3.63) is 0 Å². The lowest BCUT2D eigenvalue weighted by atomic mass is 9.98. The second-order valence-electron chi connectivity index (χ2n) is 3.07. The molecule has 1 saturated heterocycles. The molecule has 0 radical (unpaired) electrons. The van der Waals surface area contributed by atoms with Crippen molar-refractivity contribution in [1.82, 2.24) is 10.6 Å². The van der Waals surface area contributed by atoms with E-state index in [1.807, 2.05) is 0 Å². The number of amides is 2. The Labute approximate surface area is 77.1 Å². The van der Waals surface area contributed by atoms with Gasteiger partial charge in [-0.1, -0.05) is 0 Å². The average molecular weight is 185 g/mol. The van der Waals surface area contributed by atoms with Crippen LogP contribution in [0.25, 0.3) is 0 Å². The number of carbonyl (C=O) groups is 2. The van der Waals surface area contributed by atoms with Crippen LogP contribution in [-0.2, 0) is 9.59 Å². The van der Waals surface area contributed by atoms with Crippen LogP contribution < -0.4 is 16.4 Å². The van der Waals surface area contributed by atoms with E-state index in [0.29, 0.717) is 26.1 Å². The summed E-state index contributed by atoms with van der Waals surface area (Å²) in [5.74, 6) is -0.885. The van der Waals surface area contributed by atoms with Crippen molar-refractivity contribution in [2.75, 3.05) is 19.6 Å². The molecule has 0 spiro atoms. The maximum atomic E-state index is 11.3. The van der Waals surface area contributed by atoms with E-state index in [-0.39, 0.29) is 11.8 Å². The molecule has 1 atom stereocenters. The highest BCUT2D eigenvalue weighted by Crippen LogP contribution is 2.10. The largest absolute Gasteiger partial charge is 0.355 e. The highest BCUT2D eigenvalue weighted by molar-refractivity contribution is 6.00. The molecule has 0 saturated carbocycles. The van der Waals surface area contributed by atoms with E-state index >= 15 is 0 Å². The number of carbonyl (C=O) groups excluding carboxylic acids is 2. The van der Waals surface area contributed by atoms with E-state index in [4.69, 9.17) is 5.73 Å². The summed E-state index contributed by atoms with van der Waals surface area (Å²) in [6.07, 6.45) is 1.51. The molecule has 13 heavy (non-hydrogen) atoms. The quantitative estimate of drug-likeness (QED) is 0.472. The van der Waals surface area contributed by atoms with Gasteiger partial charge in [0.25, 0.3) is 0 Å². The zero-order valence-electron chi connectivity index (χ0n) is 7.51. The molecule has 74 valence electrons. The number of hydrogen-bond acceptors (Lipinski definition) is 3. The first-order valence-electron chi connectivity index (χ1n) is 4.51. The summed E-state index contributed by atoms with van der Waals surface area (Å²) in [6, 6.07) is 0. The molecule has 0 aromatic rings. The van der Waals surface area contributed by atoms with Gasteiger partial charge in [0.15, 0.2) is 0 Å². The van der Waals surface area contributed by atoms with Gasteiger partial charge in [-0.2, -0.15) is 0 Å². The summed E-state index contributed by atoms with van der Waals surface area (Å²) < 4.78 is 0. The van der Waals surface area contributed by atoms with E-state index in [9.17, 15) is 9.59 Å². The van der Waals surface area contributed by atoms with E-state index < -0.39 is 5.92 Å². The van der Waals surface area contributed by atoms with Crippen molar-refractivity contribution in [2.24, 2.45) is 11.7 Å². The number of rotatable bonds is 3. The lowest BCUT2D eigenvalue weighted by Crippen LogP contribution is -2.45. The smallest absolute Gasteiger partial charge is 0.232 e. The average Bonchev–Trinajstić information content (AvgIpc) is 2.15. The van der Waals surface area contributed by atoms with Gasteiger partial charge in [0.2, 0.25) is 11.8 Å². The normalized spacial score (nSPS) is 22.2. The molecule has 0 bridgehead atoms. The number of hydrogen-bond donors (Lipinski definition) is 3. The predicted molar refractivity (Wildman–Crippen MR) is 47.8 cm³/mol. The first kappa shape index (κ1) is 9.98. The first-order chi connectivity index (χ1) is 6.25. The molecule has 5 nitrogen and oxygen atoms in total. The van der Waals surface area contributed by atoms with E-state index in [1.54, 1.807) is 0 Å². The van der Waals surface area contributed by atoms with E-state index in [0.717, 1.165) is 6.42 Å². The summed E-state index contributed by atoms with van der Waals surface area (Å²) >= 11 is 0. The summed E-state index contributed by atoms with van der Waals surface area (Å²) in [5.41, 5.74) is 5.23. The van der Waals surface area contributed by atoms with Crippen LogP contribution in [-0.4, -0.2) is 31.4 Å². The molecule has 0 aromatic carbocycles. The molecule has 0 unspecified atom stereocenters. The Hall–Kier alpha value is -1.10. The topological polar surface area (TPSA) is 84.2 Å². The number of nitrogens with two attached hydrogens (primary N) is 1. The number of piperidine rings is 1. The maximum absolute atomic E-state index is 11.3. The molecule has 1 rings (SSSR count). The fourth-order valence-electron chi connectivity index (χ4n) is 1.34. The fourth-order valence-corrected chi connectivity index (χ4v) is 1.34. The Kier molecular flexibility index (Phi) is 3.70. The van der Waals surface area contributed by atoms with Gasteiger partial charge in [0.05, 0.1) is 0 Å². The Morgan fingerprint density at radius 1 is 1.69 bits per heavy atom. The summed E-state index contributed by atoms with van der Waals surface area (Å²) in [5, 5.41) is 5.27. The molecular formula is C8H15N3O2. The third-order valence-electron chi connectivity index (χ3n) is 2.05. The van der Waals surface area contributed by atoms with Crippen molar-refractivity contribution in [2.45, 2.75) is 12.8 Å². The van der Waals surface area contributed by atoms with Crippen molar-refractivity contribution < 1.29 is 9.59 Å². The van der Waals surface area contributed by atoms with Crippen molar-refractivity contribution in [3.8, 4) is 0 Å². The maximum Gasteiger partial charge on any atom is 0.232 e. The van der Waals surface area contributed by atoms with Crippen molar-refractivity contribution in [1.29, 1.82) is 0 Å². The zero-order chi connectivity index (χ0) is 9.68. The van der Waals surface area contributed by atoms with Gasteiger partial charge in [-0.05, 0) is 12.8 Å². The minimum Gasteiger partial charge on any atom is -0.355 e. The van der Waals surface area contributed by atoms with E-state index in [1.165, 1.54) is 0 Å². The predicted octanol–water partition coefficient (Wildman–Crippen LogP) is -1.41. The van der Waals surface area contributed by atoms with Crippen molar-refractivity contribution >= 4 is 11.8 Å². The molecule has 4 N–H and O–H groups in total. The monoisotopic (exact) mass is 185 g/mol. The van der Waals surface area contributed by atoms with Gasteiger partial charge in [-0.3, -0.25) is 9.59 Å². The highest BCUT2D eigenvalue weighted by atomic mass is 16.2. The van der Waals surface area contributed by atoms with Gasteiger partial charge in [-0.15, -0.1) is 0 Å². The molecule has 0 aliphatic carbocycles. The minimum absolute atomic E-state index is 0.166. The third-order valence-corrected chi connectivity index (χ3v) is 2.05. The molecule has 5 heteroatoms. The van der Waals surface area contributed by atoms with Crippen molar-refractivity contribution in [3.63, 3.8) is 0 Å². The lowest BCUT2D eigenvalue weighted by molar-refractivity contribution is -0.136. The molecular weight excluding hydrogens is 170 g/mol. The lowest BCUT2D eigenvalue weighted by Gasteiger charge is -2.20. The van der Waals surface area contributed by atoms with E-state index in [2.05, 4.69) is 10.6 Å². The van der Waals surface area contributed by atoms with Crippen LogP contribution in [0.15, 0.2) is 0 Å². The minimum atomic E-state index is -0.514. The summed E-state index contributed by atoms with van der Waals surface area (Å²) in [4.78, 5) is 22.5. The number of nitrogens with one attached hydrogen (secondary N) is 2. The summed E-state index contributed by atoms with van der Waals surface area (Å²) in [6.45, 7) is 1.52. The Morgan fingerprint density at radius 3 is 3.08 bits per heavy atom. The Morgan fingerprint density at radius 2 is 2.46 bits per heavy atom. The molecule has 2 amide bonds. The molecule has 0 aromatic heterocycles. The van der Waals surface area contributed by atoms with Crippen LogP contribution in [0.3, 0.4) is 0 Å². The Balaban J connectivity index is 2.39. The zero-order valence-corrected chi connectivity index (χ0v) is 7.51. The second kappa shape index (κ2) is 4.81. The van der Waals surface area contributed by atoms with Gasteiger partial charge < -0.3 is 16.4 Å². The first-order valence-corrected chi connectivity index (χ1v) is 4.51. The fraction of sp³-hybridized carbons (Fsp3) is 0.750. The second-order valence-corrected chi connectivity index (χ2v) is 3.07. The van der Waals surface area contributed by atoms with Crippen LogP contribution in [0.4, 0.5) is 0 Å². The van der Waals surface area contributed by atoms with Gasteiger partial charge in [0.1, 0.15) is 5.92 Å². The molecule has 1 fully saturated rings. The molecule has 1 aliphatic heterocycles. The molecule has 1 heterocycles. The van der Waals surface area contributed by atoms with Crippen LogP contribution in [0.1, 0.15) is 12.8 Å². The van der Waals surface area contributed by atoms with Crippen LogP contribution in [0.2, 0.25) is 0 Å². The Bertz CT molecular complexity index is 206. The molecule has 1 aliphatic rings. The third kappa shape index (κ3) is 2.69. The van der Waals surface area contributed by atoms with Gasteiger partial charge in [0, 0.05) is 19.6 Å². The highest BCUT2D eigenvalue weighted by Gasteiger charge is 2.28. The summed E-state index contributed by atoms with van der Waals surface area (Å²) in [7, 11) is 0. The van der Waals surface area contributed by atoms with Crippen LogP contribution in [0, 0.1) is 5.92 Å². The van der Waals surface area contributed by atoms with Crippen LogP contribution in [0.5, 0.6) is 0 Å². The van der Waals surface area contributed by atoms with Gasteiger partial charge >= 0.3 is 0 Å². The standard InChI is InChI=1S/C8H15N3O2/c9-3-5-11-8(13)6-2-1-4-10-7(6)12/h6H,1-5,9H2,(H,10,12)(H,11,13)/t6-/m0/s1. The SMILES string of the molecule is NCCNC(=O)[C@H]1CCCNC1=O. The van der Waals surface area contributed by atoms with Crippen LogP contribution >= 0.6 is 0 Å². The van der Waals surface area contributed by atoms with Gasteiger partial charge in [-0.25, -0.2) is 0 Å².